The molecule has 2 N–H and O–H groups in total. The number of rotatable bonds is 6. The molecule has 4 rings (SSSR count). The molecular weight excluding hydrogens is 422 g/mol. The third-order valence-corrected chi connectivity index (χ3v) is 8.71. The van der Waals surface area contributed by atoms with Crippen molar-refractivity contribution in [3.8, 4) is 5.75 Å². The van der Waals surface area contributed by atoms with Gasteiger partial charge in [-0.3, -0.25) is 4.79 Å². The monoisotopic (exact) mass is 449 g/mol. The summed E-state index contributed by atoms with van der Waals surface area (Å²) in [6, 6.07) is 7.48. The van der Waals surface area contributed by atoms with E-state index in [1.165, 1.54) is 21.7 Å². The molecule has 0 aliphatic carbocycles. The molecule has 0 unspecified atom stereocenters. The lowest BCUT2D eigenvalue weighted by molar-refractivity contribution is 0.0948. The van der Waals surface area contributed by atoms with Crippen molar-refractivity contribution >= 4 is 27.3 Å². The van der Waals surface area contributed by atoms with Crippen LogP contribution in [0.5, 0.6) is 5.75 Å². The highest BCUT2D eigenvalue weighted by Gasteiger charge is 2.33. The number of benzene rings is 1. The zero-order valence-electron chi connectivity index (χ0n) is 17.0. The molecule has 2 aliphatic rings. The topological polar surface area (TPSA) is 87.7 Å². The molecule has 1 aromatic heterocycles. The van der Waals surface area contributed by atoms with Gasteiger partial charge < -0.3 is 15.4 Å². The summed E-state index contributed by atoms with van der Waals surface area (Å²) < 4.78 is 33.6. The number of carbonyl (C=O) groups excluding carboxylic acids is 1. The number of ether oxygens (including phenoxy) is 1. The Morgan fingerprint density at radius 2 is 2.20 bits per heavy atom. The standard InChI is InChI=1S/C21H27N3O4S2/c1-28-18-7-4-5-15-14-24(11-8-17(15)18)30(26,27)19-9-12-29-20(19)21(25)23-13-16-6-2-3-10-22-16/h4-5,7,9,12,16,22H,2-3,6,8,10-11,13-14H2,1H3,(H,23,25)/t16-/m1/s1. The Morgan fingerprint density at radius 1 is 1.33 bits per heavy atom. The second-order valence-corrected chi connectivity index (χ2v) is 10.5. The summed E-state index contributed by atoms with van der Waals surface area (Å²) in [5, 5.41) is 7.97. The zero-order valence-corrected chi connectivity index (χ0v) is 18.7. The first kappa shape index (κ1) is 21.3. The molecule has 2 aliphatic heterocycles. The van der Waals surface area contributed by atoms with Gasteiger partial charge in [0.25, 0.3) is 5.91 Å². The molecule has 0 spiro atoms. The van der Waals surface area contributed by atoms with Crippen molar-refractivity contribution in [2.24, 2.45) is 0 Å². The number of sulfonamides is 1. The lowest BCUT2D eigenvalue weighted by atomic mass is 10.0. The van der Waals surface area contributed by atoms with Crippen LogP contribution in [0.4, 0.5) is 0 Å². The van der Waals surface area contributed by atoms with Gasteiger partial charge in [0.15, 0.2) is 0 Å². The van der Waals surface area contributed by atoms with Gasteiger partial charge in [-0.05, 0) is 54.4 Å². The Kier molecular flexibility index (Phi) is 6.43. The average Bonchev–Trinajstić information content (AvgIpc) is 3.28. The molecule has 0 bridgehead atoms. The van der Waals surface area contributed by atoms with Crippen LogP contribution in [0, 0.1) is 0 Å². The van der Waals surface area contributed by atoms with Crippen LogP contribution in [0.25, 0.3) is 0 Å². The molecule has 2 aromatic rings. The first-order valence-electron chi connectivity index (χ1n) is 10.2. The molecule has 1 aromatic carbocycles. The van der Waals surface area contributed by atoms with Gasteiger partial charge >= 0.3 is 0 Å². The molecule has 162 valence electrons. The summed E-state index contributed by atoms with van der Waals surface area (Å²) in [6.07, 6.45) is 3.90. The number of hydrogen-bond donors (Lipinski definition) is 2. The Labute approximate surface area is 181 Å². The second kappa shape index (κ2) is 9.05. The summed E-state index contributed by atoms with van der Waals surface area (Å²) in [5.74, 6) is 0.464. The molecule has 9 heteroatoms. The van der Waals surface area contributed by atoms with Crippen LogP contribution in [-0.4, -0.2) is 51.4 Å². The number of nitrogens with zero attached hydrogens (tertiary/aromatic N) is 1. The van der Waals surface area contributed by atoms with Crippen molar-refractivity contribution < 1.29 is 17.9 Å². The van der Waals surface area contributed by atoms with E-state index in [-0.39, 0.29) is 28.3 Å². The largest absolute Gasteiger partial charge is 0.496 e. The van der Waals surface area contributed by atoms with Crippen molar-refractivity contribution in [3.63, 3.8) is 0 Å². The predicted molar refractivity (Wildman–Crippen MR) is 117 cm³/mol. The van der Waals surface area contributed by atoms with Gasteiger partial charge in [-0.15, -0.1) is 11.3 Å². The van der Waals surface area contributed by atoms with E-state index in [2.05, 4.69) is 10.6 Å². The SMILES string of the molecule is COc1cccc2c1CCN(S(=O)(=O)c1ccsc1C(=O)NC[C@H]1CCCCN1)C2. The molecular formula is C21H27N3O4S2. The highest BCUT2D eigenvalue weighted by Crippen LogP contribution is 2.32. The number of carbonyl (C=O) groups is 1. The minimum absolute atomic E-state index is 0.0907. The minimum Gasteiger partial charge on any atom is -0.496 e. The molecule has 1 fully saturated rings. The summed E-state index contributed by atoms with van der Waals surface area (Å²) in [5.41, 5.74) is 1.99. The van der Waals surface area contributed by atoms with E-state index >= 15 is 0 Å². The maximum Gasteiger partial charge on any atom is 0.262 e. The normalized spacial score (nSPS) is 19.8. The van der Waals surface area contributed by atoms with Crippen molar-refractivity contribution in [1.29, 1.82) is 0 Å². The fourth-order valence-corrected chi connectivity index (χ4v) is 6.88. The maximum absolute atomic E-state index is 13.4. The van der Waals surface area contributed by atoms with Gasteiger partial charge in [0.2, 0.25) is 10.0 Å². The summed E-state index contributed by atoms with van der Waals surface area (Å²) in [4.78, 5) is 13.1. The zero-order chi connectivity index (χ0) is 21.1. The lowest BCUT2D eigenvalue weighted by Gasteiger charge is -2.29. The van der Waals surface area contributed by atoms with Crippen LogP contribution in [0.2, 0.25) is 0 Å². The summed E-state index contributed by atoms with van der Waals surface area (Å²) in [6.45, 7) is 2.10. The Balaban J connectivity index is 1.50. The summed E-state index contributed by atoms with van der Waals surface area (Å²) >= 11 is 1.17. The Morgan fingerprint density at radius 3 is 2.97 bits per heavy atom. The van der Waals surface area contributed by atoms with Gasteiger partial charge in [0.1, 0.15) is 15.5 Å². The van der Waals surface area contributed by atoms with Gasteiger partial charge in [-0.2, -0.15) is 4.31 Å². The summed E-state index contributed by atoms with van der Waals surface area (Å²) in [7, 11) is -2.15. The number of fused-ring (bicyclic) bond motifs is 1. The number of methoxy groups -OCH3 is 1. The van der Waals surface area contributed by atoms with Crippen LogP contribution in [0.3, 0.4) is 0 Å². The van der Waals surface area contributed by atoms with Crippen molar-refractivity contribution in [2.75, 3.05) is 26.7 Å². The number of amides is 1. The maximum atomic E-state index is 13.4. The molecule has 0 radical (unpaired) electrons. The van der Waals surface area contributed by atoms with Crippen molar-refractivity contribution in [3.05, 3.63) is 45.6 Å². The van der Waals surface area contributed by atoms with E-state index < -0.39 is 10.0 Å². The predicted octanol–water partition coefficient (Wildman–Crippen LogP) is 2.38. The second-order valence-electron chi connectivity index (χ2n) is 7.66. The molecule has 1 atom stereocenters. The van der Waals surface area contributed by atoms with Crippen LogP contribution in [0.1, 0.15) is 40.1 Å². The third-order valence-electron chi connectivity index (χ3n) is 5.78. The number of hydrogen-bond acceptors (Lipinski definition) is 6. The Hall–Kier alpha value is -1.94. The van der Waals surface area contributed by atoms with Gasteiger partial charge in [0.05, 0.1) is 7.11 Å². The smallest absolute Gasteiger partial charge is 0.262 e. The van der Waals surface area contributed by atoms with Gasteiger partial charge in [-0.25, -0.2) is 8.42 Å². The fraction of sp³-hybridized carbons (Fsp3) is 0.476. The molecule has 7 nitrogen and oxygen atoms in total. The first-order chi connectivity index (χ1) is 14.5. The first-order valence-corrected chi connectivity index (χ1v) is 12.6. The van der Waals surface area contributed by atoms with E-state index in [0.29, 0.717) is 19.5 Å². The highest BCUT2D eigenvalue weighted by molar-refractivity contribution is 7.89. The van der Waals surface area contributed by atoms with Crippen LogP contribution in [0.15, 0.2) is 34.5 Å². The van der Waals surface area contributed by atoms with E-state index in [1.807, 2.05) is 18.2 Å². The molecule has 30 heavy (non-hydrogen) atoms. The van der Waals surface area contributed by atoms with Gasteiger partial charge in [-0.1, -0.05) is 18.6 Å². The van der Waals surface area contributed by atoms with E-state index in [9.17, 15) is 13.2 Å². The number of thiophene rings is 1. The van der Waals surface area contributed by atoms with Gasteiger partial charge in [0, 0.05) is 25.7 Å². The lowest BCUT2D eigenvalue weighted by Crippen LogP contribution is -2.43. The molecule has 1 saturated heterocycles. The van der Waals surface area contributed by atoms with E-state index in [4.69, 9.17) is 4.74 Å². The van der Waals surface area contributed by atoms with E-state index in [0.717, 1.165) is 42.7 Å². The quantitative estimate of drug-likeness (QED) is 0.707. The Bertz CT molecular complexity index is 1010. The van der Waals surface area contributed by atoms with Crippen LogP contribution in [-0.2, 0) is 23.0 Å². The van der Waals surface area contributed by atoms with Crippen molar-refractivity contribution in [1.82, 2.24) is 14.9 Å². The molecule has 1 amide bonds. The number of nitrogens with one attached hydrogen (secondary N) is 2. The molecule has 0 saturated carbocycles. The van der Waals surface area contributed by atoms with E-state index in [1.54, 1.807) is 12.5 Å². The van der Waals surface area contributed by atoms with Crippen molar-refractivity contribution in [2.45, 2.75) is 43.2 Å². The van der Waals surface area contributed by atoms with Crippen LogP contribution >= 0.6 is 11.3 Å². The average molecular weight is 450 g/mol. The van der Waals surface area contributed by atoms with Crippen LogP contribution < -0.4 is 15.4 Å². The fourth-order valence-electron chi connectivity index (χ4n) is 4.14. The third kappa shape index (κ3) is 4.25. The number of piperidine rings is 1. The highest BCUT2D eigenvalue weighted by atomic mass is 32.2. The minimum atomic E-state index is -3.77. The molecule has 3 heterocycles.